The van der Waals surface area contributed by atoms with Crippen molar-refractivity contribution in [3.05, 3.63) is 59.7 Å². The van der Waals surface area contributed by atoms with Crippen molar-refractivity contribution in [1.82, 2.24) is 4.90 Å². The van der Waals surface area contributed by atoms with Crippen molar-refractivity contribution in [1.29, 1.82) is 0 Å². The highest BCUT2D eigenvalue weighted by Crippen LogP contribution is 2.23. The smallest absolute Gasteiger partial charge is 0.141 e. The summed E-state index contributed by atoms with van der Waals surface area (Å²) < 4.78 is 5.20. The van der Waals surface area contributed by atoms with Gasteiger partial charge in [-0.3, -0.25) is 4.90 Å². The Bertz CT molecular complexity index is 569. The number of nitrogens with zero attached hydrogens (tertiary/aromatic N) is 1. The third-order valence-electron chi connectivity index (χ3n) is 3.85. The summed E-state index contributed by atoms with van der Waals surface area (Å²) in [6.07, 6.45) is 0.970. The molecule has 3 heteroatoms. The van der Waals surface area contributed by atoms with E-state index in [1.165, 1.54) is 11.1 Å². The van der Waals surface area contributed by atoms with Crippen LogP contribution >= 0.6 is 0 Å². The summed E-state index contributed by atoms with van der Waals surface area (Å²) in [5.41, 5.74) is 9.24. The standard InChI is InChI=1S/C18H24N2O/c1-14(20(2)13-15-7-5-4-6-8-15)11-16-9-10-18(21-3)17(19)12-16/h4-10,12,14H,11,13,19H2,1-3H3. The minimum absolute atomic E-state index is 0.443. The Labute approximate surface area is 127 Å². The van der Waals surface area contributed by atoms with Gasteiger partial charge in [0.25, 0.3) is 0 Å². The average molecular weight is 284 g/mol. The Morgan fingerprint density at radius 3 is 2.43 bits per heavy atom. The summed E-state index contributed by atoms with van der Waals surface area (Å²) >= 11 is 0. The van der Waals surface area contributed by atoms with Gasteiger partial charge in [-0.25, -0.2) is 0 Å². The Balaban J connectivity index is 1.97. The zero-order chi connectivity index (χ0) is 15.2. The highest BCUT2D eigenvalue weighted by molar-refractivity contribution is 5.54. The maximum atomic E-state index is 5.97. The van der Waals surface area contributed by atoms with E-state index in [2.05, 4.69) is 49.2 Å². The van der Waals surface area contributed by atoms with E-state index >= 15 is 0 Å². The molecule has 0 fully saturated rings. The largest absolute Gasteiger partial charge is 0.495 e. The van der Waals surface area contributed by atoms with Crippen LogP contribution < -0.4 is 10.5 Å². The van der Waals surface area contributed by atoms with Crippen molar-refractivity contribution in [2.45, 2.75) is 25.9 Å². The fourth-order valence-corrected chi connectivity index (χ4v) is 2.43. The highest BCUT2D eigenvalue weighted by Gasteiger charge is 2.11. The lowest BCUT2D eigenvalue weighted by atomic mass is 10.0. The Morgan fingerprint density at radius 2 is 1.81 bits per heavy atom. The topological polar surface area (TPSA) is 38.5 Å². The number of hydrogen-bond donors (Lipinski definition) is 1. The average Bonchev–Trinajstić information content (AvgIpc) is 2.48. The number of nitrogen functional groups attached to an aromatic ring is 1. The van der Waals surface area contributed by atoms with E-state index in [4.69, 9.17) is 10.5 Å². The molecule has 0 aliphatic rings. The number of hydrogen-bond acceptors (Lipinski definition) is 3. The van der Waals surface area contributed by atoms with Crippen LogP contribution in [-0.4, -0.2) is 25.1 Å². The van der Waals surface area contributed by atoms with Crippen molar-refractivity contribution >= 4 is 5.69 Å². The van der Waals surface area contributed by atoms with Gasteiger partial charge < -0.3 is 10.5 Å². The second kappa shape index (κ2) is 7.14. The third kappa shape index (κ3) is 4.23. The van der Waals surface area contributed by atoms with Gasteiger partial charge in [0.05, 0.1) is 12.8 Å². The van der Waals surface area contributed by atoms with E-state index in [1.54, 1.807) is 7.11 Å². The van der Waals surface area contributed by atoms with Crippen molar-refractivity contribution in [2.24, 2.45) is 0 Å². The lowest BCUT2D eigenvalue weighted by Crippen LogP contribution is -2.30. The lowest BCUT2D eigenvalue weighted by molar-refractivity contribution is 0.248. The molecule has 2 aromatic rings. The Hall–Kier alpha value is -2.00. The Kier molecular flexibility index (Phi) is 5.23. The summed E-state index contributed by atoms with van der Waals surface area (Å²) in [4.78, 5) is 2.36. The van der Waals surface area contributed by atoms with E-state index in [0.717, 1.165) is 18.7 Å². The molecule has 0 saturated heterocycles. The summed E-state index contributed by atoms with van der Waals surface area (Å²) in [7, 11) is 3.80. The SMILES string of the molecule is COc1ccc(CC(C)N(C)Cc2ccccc2)cc1N. The van der Waals surface area contributed by atoms with Crippen LogP contribution in [-0.2, 0) is 13.0 Å². The van der Waals surface area contributed by atoms with E-state index in [1.807, 2.05) is 18.2 Å². The summed E-state index contributed by atoms with van der Waals surface area (Å²) in [6.45, 7) is 3.19. The highest BCUT2D eigenvalue weighted by atomic mass is 16.5. The second-order valence-electron chi connectivity index (χ2n) is 5.53. The summed E-state index contributed by atoms with van der Waals surface area (Å²) in [5.74, 6) is 0.740. The first-order chi connectivity index (χ1) is 10.1. The van der Waals surface area contributed by atoms with E-state index in [0.29, 0.717) is 11.7 Å². The van der Waals surface area contributed by atoms with Gasteiger partial charge in [0.15, 0.2) is 0 Å². The number of anilines is 1. The van der Waals surface area contributed by atoms with Crippen LogP contribution in [0.4, 0.5) is 5.69 Å². The van der Waals surface area contributed by atoms with E-state index in [9.17, 15) is 0 Å². The van der Waals surface area contributed by atoms with E-state index < -0.39 is 0 Å². The normalized spacial score (nSPS) is 12.4. The van der Waals surface area contributed by atoms with Crippen LogP contribution in [0.5, 0.6) is 5.75 Å². The molecule has 0 aromatic heterocycles. The zero-order valence-electron chi connectivity index (χ0n) is 13.0. The van der Waals surface area contributed by atoms with Gasteiger partial charge in [0.1, 0.15) is 5.75 Å². The van der Waals surface area contributed by atoms with Gasteiger partial charge in [0, 0.05) is 12.6 Å². The van der Waals surface area contributed by atoms with Gasteiger partial charge >= 0.3 is 0 Å². The molecule has 21 heavy (non-hydrogen) atoms. The minimum atomic E-state index is 0.443. The van der Waals surface area contributed by atoms with Crippen molar-refractivity contribution in [2.75, 3.05) is 19.9 Å². The number of ether oxygens (including phenoxy) is 1. The second-order valence-corrected chi connectivity index (χ2v) is 5.53. The van der Waals surface area contributed by atoms with E-state index in [-0.39, 0.29) is 0 Å². The molecule has 0 spiro atoms. The monoisotopic (exact) mass is 284 g/mol. The fraction of sp³-hybridized carbons (Fsp3) is 0.333. The van der Waals surface area contributed by atoms with Crippen molar-refractivity contribution in [3.63, 3.8) is 0 Å². The fourth-order valence-electron chi connectivity index (χ4n) is 2.43. The van der Waals surface area contributed by atoms with Gasteiger partial charge in [-0.2, -0.15) is 0 Å². The third-order valence-corrected chi connectivity index (χ3v) is 3.85. The molecule has 0 heterocycles. The summed E-state index contributed by atoms with van der Waals surface area (Å²) in [6, 6.07) is 17.0. The molecule has 1 unspecified atom stereocenters. The van der Waals surface area contributed by atoms with Crippen LogP contribution in [0.15, 0.2) is 48.5 Å². The molecule has 0 amide bonds. The van der Waals surface area contributed by atoms with Crippen LogP contribution in [0.2, 0.25) is 0 Å². The van der Waals surface area contributed by atoms with Crippen LogP contribution in [0.1, 0.15) is 18.1 Å². The van der Waals surface area contributed by atoms with Crippen LogP contribution in [0, 0.1) is 0 Å². The van der Waals surface area contributed by atoms with Gasteiger partial charge in [-0.05, 0) is 43.7 Å². The number of methoxy groups -OCH3 is 1. The Morgan fingerprint density at radius 1 is 1.10 bits per heavy atom. The first-order valence-electron chi connectivity index (χ1n) is 7.26. The molecule has 2 aromatic carbocycles. The predicted octanol–water partition coefficient (Wildman–Crippen LogP) is 3.34. The number of benzene rings is 2. The number of likely N-dealkylation sites (N-methyl/N-ethyl adjacent to an activating group) is 1. The molecule has 0 saturated carbocycles. The first-order valence-corrected chi connectivity index (χ1v) is 7.26. The molecule has 0 aliphatic heterocycles. The van der Waals surface area contributed by atoms with Gasteiger partial charge in [0.2, 0.25) is 0 Å². The minimum Gasteiger partial charge on any atom is -0.495 e. The molecule has 0 radical (unpaired) electrons. The summed E-state index contributed by atoms with van der Waals surface area (Å²) in [5, 5.41) is 0. The zero-order valence-corrected chi connectivity index (χ0v) is 13.0. The van der Waals surface area contributed by atoms with Crippen LogP contribution in [0.25, 0.3) is 0 Å². The van der Waals surface area contributed by atoms with Crippen molar-refractivity contribution < 1.29 is 4.74 Å². The molecule has 1 atom stereocenters. The molecule has 2 rings (SSSR count). The molecule has 0 bridgehead atoms. The number of nitrogens with two attached hydrogens (primary N) is 1. The molecule has 3 nitrogen and oxygen atoms in total. The predicted molar refractivity (Wildman–Crippen MR) is 88.5 cm³/mol. The molecular weight excluding hydrogens is 260 g/mol. The lowest BCUT2D eigenvalue weighted by Gasteiger charge is -2.25. The maximum absolute atomic E-state index is 5.97. The number of rotatable bonds is 6. The van der Waals surface area contributed by atoms with Gasteiger partial charge in [-0.1, -0.05) is 36.4 Å². The first kappa shape index (κ1) is 15.4. The van der Waals surface area contributed by atoms with Gasteiger partial charge in [-0.15, -0.1) is 0 Å². The molecule has 2 N–H and O–H groups in total. The molecule has 0 aliphatic carbocycles. The molecular formula is C18H24N2O. The van der Waals surface area contributed by atoms with Crippen molar-refractivity contribution in [3.8, 4) is 5.75 Å². The quantitative estimate of drug-likeness (QED) is 0.827. The molecule has 112 valence electrons. The maximum Gasteiger partial charge on any atom is 0.141 e. The van der Waals surface area contributed by atoms with Crippen LogP contribution in [0.3, 0.4) is 0 Å².